The van der Waals surface area contributed by atoms with E-state index in [1.54, 1.807) is 0 Å². The molecule has 7 nitrogen and oxygen atoms in total. The molecule has 1 atom stereocenters. The first-order valence-electron chi connectivity index (χ1n) is 6.16. The maximum Gasteiger partial charge on any atom is 0.336 e. The summed E-state index contributed by atoms with van der Waals surface area (Å²) in [5.41, 5.74) is 0. The van der Waals surface area contributed by atoms with Crippen molar-refractivity contribution in [2.75, 3.05) is 19.0 Å². The molecule has 18 heavy (non-hydrogen) atoms. The van der Waals surface area contributed by atoms with E-state index >= 15 is 0 Å². The van der Waals surface area contributed by atoms with Gasteiger partial charge in [-0.2, -0.15) is 4.98 Å². The van der Waals surface area contributed by atoms with Gasteiger partial charge in [0, 0.05) is 13.0 Å². The average molecular weight is 254 g/mol. The fraction of sp³-hybridized carbons (Fsp3) is 0.727. The summed E-state index contributed by atoms with van der Waals surface area (Å²) in [5.74, 6) is 0.212. The number of methoxy groups -OCH3 is 1. The lowest BCUT2D eigenvalue weighted by Crippen LogP contribution is -2.22. The van der Waals surface area contributed by atoms with Gasteiger partial charge in [-0.15, -0.1) is 5.10 Å². The fourth-order valence-electron chi connectivity index (χ4n) is 1.92. The second-order valence-electron chi connectivity index (χ2n) is 4.25. The van der Waals surface area contributed by atoms with E-state index in [4.69, 9.17) is 9.47 Å². The molecule has 1 aromatic rings. The summed E-state index contributed by atoms with van der Waals surface area (Å²) < 4.78 is 10.4. The highest BCUT2D eigenvalue weighted by molar-refractivity contribution is 5.88. The Kier molecular flexibility index (Phi) is 4.52. The number of nitrogens with zero attached hydrogens (tertiary/aromatic N) is 2. The number of nitrogens with one attached hydrogen (secondary N) is 2. The first-order valence-corrected chi connectivity index (χ1v) is 6.16. The molecule has 7 heteroatoms. The van der Waals surface area contributed by atoms with Crippen molar-refractivity contribution in [1.82, 2.24) is 15.2 Å². The van der Waals surface area contributed by atoms with Crippen LogP contribution < -0.4 is 10.1 Å². The molecule has 1 fully saturated rings. The topological polar surface area (TPSA) is 89.1 Å². The molecule has 1 amide bonds. The van der Waals surface area contributed by atoms with Gasteiger partial charge in [-0.25, -0.2) is 5.10 Å². The number of aromatic nitrogens is 3. The highest BCUT2D eigenvalue weighted by atomic mass is 16.5. The molecule has 1 unspecified atom stereocenters. The van der Waals surface area contributed by atoms with Crippen LogP contribution in [0.1, 0.15) is 32.1 Å². The molecule has 1 aromatic heterocycles. The average Bonchev–Trinajstić information content (AvgIpc) is 2.85. The number of H-pyrrole nitrogens is 1. The number of hydrogen-bond donors (Lipinski definition) is 2. The van der Waals surface area contributed by atoms with E-state index in [9.17, 15) is 4.79 Å². The molecule has 0 aromatic carbocycles. The van der Waals surface area contributed by atoms with E-state index in [2.05, 4.69) is 20.5 Å². The number of anilines is 1. The quantitative estimate of drug-likeness (QED) is 0.821. The van der Waals surface area contributed by atoms with E-state index < -0.39 is 0 Å². The Labute approximate surface area is 105 Å². The normalized spacial score (nSPS) is 19.5. The fourth-order valence-corrected chi connectivity index (χ4v) is 1.92. The maximum atomic E-state index is 11.7. The lowest BCUT2D eigenvalue weighted by molar-refractivity contribution is -0.117. The molecule has 0 spiro atoms. The Morgan fingerprint density at radius 3 is 3.17 bits per heavy atom. The number of hydrogen-bond acceptors (Lipinski definition) is 5. The minimum atomic E-state index is -0.0945. The van der Waals surface area contributed by atoms with E-state index in [-0.39, 0.29) is 18.0 Å². The third-order valence-electron chi connectivity index (χ3n) is 2.87. The van der Waals surface area contributed by atoms with Crippen molar-refractivity contribution < 1.29 is 14.3 Å². The number of aromatic amines is 1. The molecule has 2 rings (SSSR count). The predicted molar refractivity (Wildman–Crippen MR) is 64.4 cm³/mol. The van der Waals surface area contributed by atoms with Crippen molar-refractivity contribution in [3.63, 3.8) is 0 Å². The zero-order chi connectivity index (χ0) is 12.8. The molecule has 0 aliphatic carbocycles. The Morgan fingerprint density at radius 1 is 1.61 bits per heavy atom. The summed E-state index contributed by atoms with van der Waals surface area (Å²) in [5, 5.41) is 8.95. The smallest absolute Gasteiger partial charge is 0.336 e. The van der Waals surface area contributed by atoms with Crippen molar-refractivity contribution in [2.45, 2.75) is 38.2 Å². The molecule has 2 N–H and O–H groups in total. The van der Waals surface area contributed by atoms with Crippen LogP contribution in [0, 0.1) is 0 Å². The second-order valence-corrected chi connectivity index (χ2v) is 4.25. The third-order valence-corrected chi connectivity index (χ3v) is 2.87. The van der Waals surface area contributed by atoms with Crippen molar-refractivity contribution in [3.05, 3.63) is 0 Å². The molecular weight excluding hydrogens is 236 g/mol. The van der Waals surface area contributed by atoms with Crippen LogP contribution in [0.25, 0.3) is 0 Å². The summed E-state index contributed by atoms with van der Waals surface area (Å²) in [6.07, 6.45) is 4.74. The molecule has 1 aliphatic rings. The van der Waals surface area contributed by atoms with Gasteiger partial charge >= 0.3 is 6.01 Å². The number of carbonyl (C=O) groups is 1. The van der Waals surface area contributed by atoms with Gasteiger partial charge in [-0.3, -0.25) is 10.1 Å². The maximum absolute atomic E-state index is 11.7. The number of ether oxygens (including phenoxy) is 2. The van der Waals surface area contributed by atoms with Crippen LogP contribution in [-0.2, 0) is 9.53 Å². The monoisotopic (exact) mass is 254 g/mol. The zero-order valence-electron chi connectivity index (χ0n) is 10.4. The lowest BCUT2D eigenvalue weighted by Gasteiger charge is -2.21. The largest absolute Gasteiger partial charge is 0.466 e. The lowest BCUT2D eigenvalue weighted by atomic mass is 10.0. The van der Waals surface area contributed by atoms with Crippen LogP contribution in [0.15, 0.2) is 0 Å². The Bertz CT molecular complexity index is 387. The van der Waals surface area contributed by atoms with Gasteiger partial charge in [0.05, 0.1) is 13.2 Å². The summed E-state index contributed by atoms with van der Waals surface area (Å²) in [4.78, 5) is 15.6. The first kappa shape index (κ1) is 12.8. The first-order chi connectivity index (χ1) is 8.78. The van der Waals surface area contributed by atoms with E-state index in [1.165, 1.54) is 13.5 Å². The molecule has 1 aliphatic heterocycles. The van der Waals surface area contributed by atoms with Crippen LogP contribution in [0.3, 0.4) is 0 Å². The second kappa shape index (κ2) is 6.34. The van der Waals surface area contributed by atoms with Crippen molar-refractivity contribution in [2.24, 2.45) is 0 Å². The van der Waals surface area contributed by atoms with Gasteiger partial charge in [0.25, 0.3) is 0 Å². The van der Waals surface area contributed by atoms with Crippen LogP contribution in [0.4, 0.5) is 5.95 Å². The third kappa shape index (κ3) is 3.69. The van der Waals surface area contributed by atoms with E-state index in [1.807, 2.05) is 0 Å². The minimum Gasteiger partial charge on any atom is -0.466 e. The van der Waals surface area contributed by atoms with E-state index in [0.717, 1.165) is 25.9 Å². The van der Waals surface area contributed by atoms with Gasteiger partial charge in [0.15, 0.2) is 0 Å². The SMILES string of the molecule is COc1n[nH]c(NC(=O)CCC2CCCCO2)n1. The Morgan fingerprint density at radius 2 is 2.50 bits per heavy atom. The van der Waals surface area contributed by atoms with Crippen LogP contribution in [-0.4, -0.2) is 40.9 Å². The number of carbonyl (C=O) groups excluding carboxylic acids is 1. The molecule has 0 saturated carbocycles. The summed E-state index contributed by atoms with van der Waals surface area (Å²) in [6.45, 7) is 0.811. The van der Waals surface area contributed by atoms with Gasteiger partial charge < -0.3 is 9.47 Å². The molecule has 0 bridgehead atoms. The van der Waals surface area contributed by atoms with Gasteiger partial charge in [0.2, 0.25) is 11.9 Å². The van der Waals surface area contributed by atoms with Gasteiger partial charge in [-0.1, -0.05) is 0 Å². The molecule has 0 radical (unpaired) electrons. The highest BCUT2D eigenvalue weighted by Gasteiger charge is 2.15. The molecular formula is C11H18N4O3. The molecule has 1 saturated heterocycles. The van der Waals surface area contributed by atoms with E-state index in [0.29, 0.717) is 12.4 Å². The van der Waals surface area contributed by atoms with Crippen LogP contribution >= 0.6 is 0 Å². The van der Waals surface area contributed by atoms with Crippen molar-refractivity contribution >= 4 is 11.9 Å². The Balaban J connectivity index is 1.71. The Hall–Kier alpha value is -1.63. The summed E-state index contributed by atoms with van der Waals surface area (Å²) >= 11 is 0. The van der Waals surface area contributed by atoms with Crippen molar-refractivity contribution in [1.29, 1.82) is 0 Å². The van der Waals surface area contributed by atoms with Gasteiger partial charge in [0.1, 0.15) is 0 Å². The number of amides is 1. The molecule has 2 heterocycles. The minimum absolute atomic E-state index is 0.0945. The number of rotatable bonds is 5. The standard InChI is InChI=1S/C11H18N4O3/c1-17-11-13-10(14-15-11)12-9(16)6-5-8-4-2-3-7-18-8/h8H,2-7H2,1H3,(H2,12,13,14,15,16). The van der Waals surface area contributed by atoms with Gasteiger partial charge in [-0.05, 0) is 25.7 Å². The van der Waals surface area contributed by atoms with Crippen molar-refractivity contribution in [3.8, 4) is 6.01 Å². The highest BCUT2D eigenvalue weighted by Crippen LogP contribution is 2.17. The molecule has 100 valence electrons. The predicted octanol–water partition coefficient (Wildman–Crippen LogP) is 1.10. The summed E-state index contributed by atoms with van der Waals surface area (Å²) in [6, 6.07) is 0.209. The van der Waals surface area contributed by atoms with Crippen LogP contribution in [0.2, 0.25) is 0 Å². The zero-order valence-corrected chi connectivity index (χ0v) is 10.4. The van der Waals surface area contributed by atoms with Crippen LogP contribution in [0.5, 0.6) is 6.01 Å². The summed E-state index contributed by atoms with van der Waals surface area (Å²) in [7, 11) is 1.47.